The van der Waals surface area contributed by atoms with Gasteiger partial charge in [-0.25, -0.2) is 13.1 Å². The lowest BCUT2D eigenvalue weighted by atomic mass is 10.0. The van der Waals surface area contributed by atoms with Gasteiger partial charge in [0.25, 0.3) is 0 Å². The molecule has 2 aliphatic rings. The first-order valence-electron chi connectivity index (χ1n) is 11.2. The van der Waals surface area contributed by atoms with E-state index >= 15 is 0 Å². The molecule has 2 atom stereocenters. The third-order valence-electron chi connectivity index (χ3n) is 6.17. The predicted molar refractivity (Wildman–Crippen MR) is 123 cm³/mol. The molecule has 1 aliphatic heterocycles. The number of rotatable bonds is 12. The SMILES string of the molecule is CC/C(=C\c1ccccc1)[C@@H]1C[C@H]1NC1CCN(CCNS(=O)(=O)CCOC)CC1. The number of nitrogens with zero attached hydrogens (tertiary/aromatic N) is 1. The Bertz CT molecular complexity index is 774. The topological polar surface area (TPSA) is 70.7 Å². The number of benzene rings is 1. The highest BCUT2D eigenvalue weighted by atomic mass is 32.2. The summed E-state index contributed by atoms with van der Waals surface area (Å²) in [5.41, 5.74) is 2.85. The Morgan fingerprint density at radius 3 is 2.63 bits per heavy atom. The average molecular weight is 436 g/mol. The molecule has 1 saturated carbocycles. The predicted octanol–water partition coefficient (Wildman–Crippen LogP) is 2.49. The molecule has 3 rings (SSSR count). The summed E-state index contributed by atoms with van der Waals surface area (Å²) in [6.45, 7) is 5.77. The van der Waals surface area contributed by atoms with Gasteiger partial charge in [-0.15, -0.1) is 0 Å². The van der Waals surface area contributed by atoms with E-state index < -0.39 is 10.0 Å². The van der Waals surface area contributed by atoms with Crippen LogP contribution in [0.4, 0.5) is 0 Å². The van der Waals surface area contributed by atoms with Gasteiger partial charge in [0.2, 0.25) is 10.0 Å². The van der Waals surface area contributed by atoms with Crippen LogP contribution in [0.25, 0.3) is 6.08 Å². The van der Waals surface area contributed by atoms with Crippen molar-refractivity contribution in [3.63, 3.8) is 0 Å². The number of piperidine rings is 1. The summed E-state index contributed by atoms with van der Waals surface area (Å²) in [6, 6.07) is 11.8. The lowest BCUT2D eigenvalue weighted by Gasteiger charge is -2.32. The first-order chi connectivity index (χ1) is 14.5. The van der Waals surface area contributed by atoms with Gasteiger partial charge in [0.05, 0.1) is 12.4 Å². The fourth-order valence-electron chi connectivity index (χ4n) is 4.27. The third kappa shape index (κ3) is 7.46. The quantitative estimate of drug-likeness (QED) is 0.528. The van der Waals surface area contributed by atoms with Gasteiger partial charge in [-0.3, -0.25) is 0 Å². The number of hydrogen-bond acceptors (Lipinski definition) is 5. The minimum absolute atomic E-state index is 0.0243. The maximum absolute atomic E-state index is 11.8. The van der Waals surface area contributed by atoms with E-state index in [9.17, 15) is 8.42 Å². The third-order valence-corrected chi connectivity index (χ3v) is 7.52. The summed E-state index contributed by atoms with van der Waals surface area (Å²) in [7, 11) is -1.71. The van der Waals surface area contributed by atoms with Crippen molar-refractivity contribution in [3.05, 3.63) is 41.5 Å². The Balaban J connectivity index is 1.35. The molecule has 0 bridgehead atoms. The zero-order chi connectivity index (χ0) is 21.4. The van der Waals surface area contributed by atoms with Crippen LogP contribution in [0.3, 0.4) is 0 Å². The first kappa shape index (κ1) is 23.4. The molecular formula is C23H37N3O3S. The lowest BCUT2D eigenvalue weighted by Crippen LogP contribution is -2.45. The molecule has 1 aromatic rings. The standard InChI is InChI=1S/C23H37N3O3S/c1-3-20(17-19-7-5-4-6-8-19)22-18-23(22)25-21-9-12-26(13-10-21)14-11-24-30(27,28)16-15-29-2/h4-8,17,21-25H,3,9-16,18H2,1-2H3/b20-17+/t22-,23+/m0/s1. The maximum atomic E-state index is 11.8. The van der Waals surface area contributed by atoms with Crippen LogP contribution < -0.4 is 10.0 Å². The molecule has 0 unspecified atom stereocenters. The van der Waals surface area contributed by atoms with Crippen molar-refractivity contribution in [1.29, 1.82) is 0 Å². The van der Waals surface area contributed by atoms with Crippen LogP contribution >= 0.6 is 0 Å². The van der Waals surface area contributed by atoms with Crippen molar-refractivity contribution in [2.45, 2.75) is 44.7 Å². The first-order valence-corrected chi connectivity index (χ1v) is 12.9. The van der Waals surface area contributed by atoms with E-state index in [1.165, 1.54) is 19.1 Å². The molecule has 1 heterocycles. The van der Waals surface area contributed by atoms with E-state index in [0.29, 0.717) is 24.5 Å². The fourth-order valence-corrected chi connectivity index (χ4v) is 5.21. The summed E-state index contributed by atoms with van der Waals surface area (Å²) in [5.74, 6) is 0.700. The lowest BCUT2D eigenvalue weighted by molar-refractivity contribution is 0.199. The molecule has 6 nitrogen and oxygen atoms in total. The van der Waals surface area contributed by atoms with Gasteiger partial charge in [-0.2, -0.15) is 0 Å². The molecular weight excluding hydrogens is 398 g/mol. The van der Waals surface area contributed by atoms with Crippen LogP contribution in [0.2, 0.25) is 0 Å². The van der Waals surface area contributed by atoms with Crippen LogP contribution in [0.5, 0.6) is 0 Å². The highest BCUT2D eigenvalue weighted by Crippen LogP contribution is 2.40. The van der Waals surface area contributed by atoms with E-state index in [1.807, 2.05) is 0 Å². The second-order valence-electron chi connectivity index (χ2n) is 8.42. The summed E-state index contributed by atoms with van der Waals surface area (Å²) < 4.78 is 31.1. The molecule has 2 N–H and O–H groups in total. The van der Waals surface area contributed by atoms with Crippen LogP contribution in [-0.4, -0.2) is 71.0 Å². The molecule has 0 radical (unpaired) electrons. The minimum Gasteiger partial charge on any atom is -0.384 e. The molecule has 7 heteroatoms. The van der Waals surface area contributed by atoms with Crippen molar-refractivity contribution in [2.24, 2.45) is 5.92 Å². The molecule has 0 amide bonds. The zero-order valence-electron chi connectivity index (χ0n) is 18.3. The number of likely N-dealkylation sites (tertiary alicyclic amines) is 1. The van der Waals surface area contributed by atoms with Crippen molar-refractivity contribution in [3.8, 4) is 0 Å². The summed E-state index contributed by atoms with van der Waals surface area (Å²) in [6.07, 6.45) is 6.97. The molecule has 1 aliphatic carbocycles. The number of nitrogens with one attached hydrogen (secondary N) is 2. The van der Waals surface area contributed by atoms with Crippen LogP contribution in [0.15, 0.2) is 35.9 Å². The van der Waals surface area contributed by atoms with Gasteiger partial charge in [0.15, 0.2) is 0 Å². The van der Waals surface area contributed by atoms with E-state index in [4.69, 9.17) is 4.74 Å². The highest BCUT2D eigenvalue weighted by Gasteiger charge is 2.40. The molecule has 168 valence electrons. The number of methoxy groups -OCH3 is 1. The van der Waals surface area contributed by atoms with Gasteiger partial charge in [-0.05, 0) is 50.3 Å². The van der Waals surface area contributed by atoms with Crippen LogP contribution in [0.1, 0.15) is 38.2 Å². The number of sulfonamides is 1. The van der Waals surface area contributed by atoms with Crippen molar-refractivity contribution in [1.82, 2.24) is 14.9 Å². The van der Waals surface area contributed by atoms with Crippen molar-refractivity contribution >= 4 is 16.1 Å². The Hall–Kier alpha value is -1.25. The normalized spacial score (nSPS) is 23.6. The Labute approximate surface area is 182 Å². The van der Waals surface area contributed by atoms with Gasteiger partial charge in [0.1, 0.15) is 0 Å². The molecule has 1 saturated heterocycles. The van der Waals surface area contributed by atoms with Gasteiger partial charge in [0, 0.05) is 32.3 Å². The Morgan fingerprint density at radius 2 is 1.97 bits per heavy atom. The van der Waals surface area contributed by atoms with Gasteiger partial charge in [-0.1, -0.05) is 48.9 Å². The van der Waals surface area contributed by atoms with Crippen LogP contribution in [0, 0.1) is 5.92 Å². The summed E-state index contributed by atoms with van der Waals surface area (Å²) >= 11 is 0. The summed E-state index contributed by atoms with van der Waals surface area (Å²) in [5, 5.41) is 3.87. The van der Waals surface area contributed by atoms with Crippen molar-refractivity contribution < 1.29 is 13.2 Å². The van der Waals surface area contributed by atoms with Crippen LogP contribution in [-0.2, 0) is 14.8 Å². The summed E-state index contributed by atoms with van der Waals surface area (Å²) in [4.78, 5) is 2.36. The average Bonchev–Trinajstić information content (AvgIpc) is 3.51. The zero-order valence-corrected chi connectivity index (χ0v) is 19.2. The van der Waals surface area contributed by atoms with Gasteiger partial charge >= 0.3 is 0 Å². The number of ether oxygens (including phenoxy) is 1. The molecule has 30 heavy (non-hydrogen) atoms. The molecule has 1 aromatic carbocycles. The van der Waals surface area contributed by atoms with Gasteiger partial charge < -0.3 is 15.0 Å². The molecule has 2 fully saturated rings. The fraction of sp³-hybridized carbons (Fsp3) is 0.652. The Kier molecular flexibility index (Phi) is 8.89. The van der Waals surface area contributed by atoms with E-state index in [1.54, 1.807) is 5.57 Å². The second-order valence-corrected chi connectivity index (χ2v) is 10.3. The van der Waals surface area contributed by atoms with E-state index in [2.05, 4.69) is 58.3 Å². The largest absolute Gasteiger partial charge is 0.384 e. The minimum atomic E-state index is -3.22. The van der Waals surface area contributed by atoms with E-state index in [0.717, 1.165) is 38.9 Å². The highest BCUT2D eigenvalue weighted by molar-refractivity contribution is 7.89. The molecule has 0 spiro atoms. The smallest absolute Gasteiger partial charge is 0.213 e. The monoisotopic (exact) mass is 435 g/mol. The molecule has 0 aromatic heterocycles. The van der Waals surface area contributed by atoms with Crippen molar-refractivity contribution in [2.75, 3.05) is 45.6 Å². The number of hydrogen-bond donors (Lipinski definition) is 2. The second kappa shape index (κ2) is 11.4. The maximum Gasteiger partial charge on any atom is 0.213 e. The van der Waals surface area contributed by atoms with E-state index in [-0.39, 0.29) is 12.4 Å². The Morgan fingerprint density at radius 1 is 1.23 bits per heavy atom.